The van der Waals surface area contributed by atoms with Crippen LogP contribution in [0.3, 0.4) is 0 Å². The molecule has 2 aromatic rings. The van der Waals surface area contributed by atoms with Gasteiger partial charge < -0.3 is 15.7 Å². The SMILES string of the molecule is C[C@@H](NC(=O)CCC(=O)N[C@@H](Cc1ccccc1I)C(=O)O)c1ccccc1. The number of hydrogen-bond donors (Lipinski definition) is 3. The number of hydrogen-bond acceptors (Lipinski definition) is 3. The Morgan fingerprint density at radius 1 is 0.929 bits per heavy atom. The summed E-state index contributed by atoms with van der Waals surface area (Å²) in [6.45, 7) is 1.87. The Labute approximate surface area is 177 Å². The third kappa shape index (κ3) is 6.95. The van der Waals surface area contributed by atoms with Crippen LogP contribution in [0.4, 0.5) is 0 Å². The number of benzene rings is 2. The molecule has 2 atom stereocenters. The molecule has 0 saturated carbocycles. The second-order valence-corrected chi connectivity index (χ2v) is 7.62. The first-order valence-corrected chi connectivity index (χ1v) is 10.0. The maximum absolute atomic E-state index is 12.1. The highest BCUT2D eigenvalue weighted by atomic mass is 127. The molecule has 0 aromatic heterocycles. The highest BCUT2D eigenvalue weighted by Crippen LogP contribution is 2.14. The minimum atomic E-state index is -1.10. The van der Waals surface area contributed by atoms with E-state index in [0.29, 0.717) is 0 Å². The van der Waals surface area contributed by atoms with E-state index in [0.717, 1.165) is 14.7 Å². The number of halogens is 1. The summed E-state index contributed by atoms with van der Waals surface area (Å²) in [6, 6.07) is 15.7. The average Bonchev–Trinajstić information content (AvgIpc) is 2.68. The first-order valence-electron chi connectivity index (χ1n) is 8.96. The standard InChI is InChI=1S/C21H23IN2O4/c1-14(15-7-3-2-4-8-15)23-19(25)11-12-20(26)24-18(21(27)28)13-16-9-5-6-10-17(16)22/h2-10,14,18H,11-13H2,1H3,(H,23,25)(H,24,26)(H,27,28)/t14-,18+/m1/s1. The van der Waals surface area contributed by atoms with E-state index in [1.807, 2.05) is 61.5 Å². The lowest BCUT2D eigenvalue weighted by molar-refractivity contribution is -0.141. The van der Waals surface area contributed by atoms with Gasteiger partial charge in [0, 0.05) is 22.8 Å². The van der Waals surface area contributed by atoms with Crippen LogP contribution in [0.1, 0.15) is 36.9 Å². The van der Waals surface area contributed by atoms with Crippen LogP contribution in [0, 0.1) is 3.57 Å². The van der Waals surface area contributed by atoms with Gasteiger partial charge in [-0.25, -0.2) is 4.79 Å². The Morgan fingerprint density at radius 2 is 1.50 bits per heavy atom. The Kier molecular flexibility index (Phi) is 8.43. The number of carbonyl (C=O) groups excluding carboxylic acids is 2. The van der Waals surface area contributed by atoms with Crippen molar-refractivity contribution in [3.05, 3.63) is 69.3 Å². The molecule has 7 heteroatoms. The molecule has 0 bridgehead atoms. The zero-order valence-electron chi connectivity index (χ0n) is 15.5. The van der Waals surface area contributed by atoms with Crippen molar-refractivity contribution in [2.45, 2.75) is 38.3 Å². The highest BCUT2D eigenvalue weighted by Gasteiger charge is 2.21. The zero-order valence-corrected chi connectivity index (χ0v) is 17.7. The van der Waals surface area contributed by atoms with E-state index in [1.165, 1.54) is 0 Å². The van der Waals surface area contributed by atoms with Crippen molar-refractivity contribution in [1.29, 1.82) is 0 Å². The molecule has 0 saturated heterocycles. The van der Waals surface area contributed by atoms with E-state index in [4.69, 9.17) is 0 Å². The second kappa shape index (κ2) is 10.8. The third-order valence-corrected chi connectivity index (χ3v) is 5.32. The number of carboxylic acids is 1. The van der Waals surface area contributed by atoms with Gasteiger partial charge in [0.05, 0.1) is 6.04 Å². The largest absolute Gasteiger partial charge is 0.480 e. The molecule has 0 aliphatic heterocycles. The van der Waals surface area contributed by atoms with Crippen LogP contribution in [0.25, 0.3) is 0 Å². The van der Waals surface area contributed by atoms with Gasteiger partial charge in [0.25, 0.3) is 0 Å². The first kappa shape index (κ1) is 21.9. The van der Waals surface area contributed by atoms with Crippen LogP contribution in [-0.2, 0) is 20.8 Å². The number of carbonyl (C=O) groups is 3. The van der Waals surface area contributed by atoms with Crippen molar-refractivity contribution in [2.75, 3.05) is 0 Å². The molecular formula is C21H23IN2O4. The van der Waals surface area contributed by atoms with Crippen molar-refractivity contribution in [3.63, 3.8) is 0 Å². The zero-order chi connectivity index (χ0) is 20.5. The average molecular weight is 494 g/mol. The van der Waals surface area contributed by atoms with Crippen molar-refractivity contribution in [3.8, 4) is 0 Å². The predicted molar refractivity (Wildman–Crippen MR) is 115 cm³/mol. The van der Waals surface area contributed by atoms with Gasteiger partial charge in [0.1, 0.15) is 6.04 Å². The smallest absolute Gasteiger partial charge is 0.326 e. The summed E-state index contributed by atoms with van der Waals surface area (Å²) < 4.78 is 0.940. The molecule has 0 radical (unpaired) electrons. The lowest BCUT2D eigenvalue weighted by Gasteiger charge is -2.16. The van der Waals surface area contributed by atoms with Crippen LogP contribution < -0.4 is 10.6 Å². The minimum absolute atomic E-state index is 0.00177. The van der Waals surface area contributed by atoms with E-state index in [9.17, 15) is 19.5 Å². The minimum Gasteiger partial charge on any atom is -0.480 e. The fourth-order valence-corrected chi connectivity index (χ4v) is 3.32. The Morgan fingerprint density at radius 3 is 2.11 bits per heavy atom. The fourth-order valence-electron chi connectivity index (χ4n) is 2.72. The summed E-state index contributed by atoms with van der Waals surface area (Å²) in [4.78, 5) is 35.7. The van der Waals surface area contributed by atoms with Gasteiger partial charge >= 0.3 is 5.97 Å². The normalized spacial score (nSPS) is 12.6. The molecule has 2 amide bonds. The van der Waals surface area contributed by atoms with Crippen LogP contribution >= 0.6 is 22.6 Å². The molecule has 2 rings (SSSR count). The van der Waals surface area contributed by atoms with Gasteiger partial charge in [-0.2, -0.15) is 0 Å². The van der Waals surface area contributed by atoms with Crippen LogP contribution in [0.15, 0.2) is 54.6 Å². The molecule has 0 aliphatic rings. The summed E-state index contributed by atoms with van der Waals surface area (Å²) in [6.07, 6.45) is 0.124. The molecule has 0 aliphatic carbocycles. The highest BCUT2D eigenvalue weighted by molar-refractivity contribution is 14.1. The Hall–Kier alpha value is -2.42. The number of nitrogens with one attached hydrogen (secondary N) is 2. The van der Waals surface area contributed by atoms with Gasteiger partial charge in [-0.3, -0.25) is 9.59 Å². The maximum Gasteiger partial charge on any atom is 0.326 e. The Bertz CT molecular complexity index is 826. The fraction of sp³-hybridized carbons (Fsp3) is 0.286. The third-order valence-electron chi connectivity index (χ3n) is 4.27. The van der Waals surface area contributed by atoms with Gasteiger partial charge in [0.15, 0.2) is 0 Å². The lowest BCUT2D eigenvalue weighted by Crippen LogP contribution is -2.42. The van der Waals surface area contributed by atoms with E-state index >= 15 is 0 Å². The van der Waals surface area contributed by atoms with Crippen molar-refractivity contribution < 1.29 is 19.5 Å². The summed E-state index contributed by atoms with van der Waals surface area (Å²) in [5, 5.41) is 14.7. The topological polar surface area (TPSA) is 95.5 Å². The van der Waals surface area contributed by atoms with Gasteiger partial charge in [-0.1, -0.05) is 48.5 Å². The monoisotopic (exact) mass is 494 g/mol. The van der Waals surface area contributed by atoms with E-state index in [1.54, 1.807) is 0 Å². The molecule has 0 fully saturated rings. The maximum atomic E-state index is 12.1. The number of amides is 2. The van der Waals surface area contributed by atoms with Crippen molar-refractivity contribution >= 4 is 40.4 Å². The number of aliphatic carboxylic acids is 1. The molecule has 0 heterocycles. The summed E-state index contributed by atoms with van der Waals surface area (Å²) >= 11 is 2.13. The summed E-state index contributed by atoms with van der Waals surface area (Å²) in [5.74, 6) is -1.81. The molecule has 6 nitrogen and oxygen atoms in total. The second-order valence-electron chi connectivity index (χ2n) is 6.45. The predicted octanol–water partition coefficient (Wildman–Crippen LogP) is 3.06. The van der Waals surface area contributed by atoms with Crippen molar-refractivity contribution in [1.82, 2.24) is 10.6 Å². The first-order chi connectivity index (χ1) is 13.4. The molecule has 0 spiro atoms. The molecule has 2 aromatic carbocycles. The molecule has 0 unspecified atom stereocenters. The van der Waals surface area contributed by atoms with E-state index in [-0.39, 0.29) is 31.2 Å². The van der Waals surface area contributed by atoms with E-state index in [2.05, 4.69) is 33.2 Å². The summed E-state index contributed by atoms with van der Waals surface area (Å²) in [7, 11) is 0. The quantitative estimate of drug-likeness (QED) is 0.467. The Balaban J connectivity index is 1.83. The molecule has 28 heavy (non-hydrogen) atoms. The summed E-state index contributed by atoms with van der Waals surface area (Å²) in [5.41, 5.74) is 1.83. The van der Waals surface area contributed by atoms with Gasteiger partial charge in [0.2, 0.25) is 11.8 Å². The van der Waals surface area contributed by atoms with E-state index < -0.39 is 17.9 Å². The molecule has 3 N–H and O–H groups in total. The molecular weight excluding hydrogens is 471 g/mol. The van der Waals surface area contributed by atoms with Crippen LogP contribution in [0.5, 0.6) is 0 Å². The van der Waals surface area contributed by atoms with Crippen LogP contribution in [0.2, 0.25) is 0 Å². The lowest BCUT2D eigenvalue weighted by atomic mass is 10.1. The van der Waals surface area contributed by atoms with Gasteiger partial charge in [-0.15, -0.1) is 0 Å². The van der Waals surface area contributed by atoms with Crippen LogP contribution in [-0.4, -0.2) is 28.9 Å². The number of rotatable bonds is 9. The molecule has 148 valence electrons. The number of carboxylic acid groups (broad SMARTS) is 1. The van der Waals surface area contributed by atoms with Crippen molar-refractivity contribution in [2.24, 2.45) is 0 Å². The van der Waals surface area contributed by atoms with Gasteiger partial charge in [-0.05, 0) is 46.7 Å².